The van der Waals surface area contributed by atoms with Gasteiger partial charge in [0.1, 0.15) is 0 Å². The summed E-state index contributed by atoms with van der Waals surface area (Å²) in [7, 11) is 0. The molecular weight excluding hydrogens is 224 g/mol. The molecule has 98 valence electrons. The number of aryl methyl sites for hydroxylation is 1. The van der Waals surface area contributed by atoms with E-state index in [1.54, 1.807) is 0 Å². The third-order valence-corrected chi connectivity index (χ3v) is 3.47. The number of nitrogens with one attached hydrogen (secondary N) is 2. The molecule has 0 radical (unpaired) electrons. The zero-order valence-corrected chi connectivity index (χ0v) is 11.4. The van der Waals surface area contributed by atoms with Crippen LogP contribution in [-0.4, -0.2) is 18.0 Å². The number of carbonyl (C=O) groups is 1. The summed E-state index contributed by atoms with van der Waals surface area (Å²) in [4.78, 5) is 11.9. The second-order valence-electron chi connectivity index (χ2n) is 5.25. The number of hydrogen-bond acceptors (Lipinski definition) is 2. The molecule has 2 atom stereocenters. The molecule has 1 saturated carbocycles. The zero-order chi connectivity index (χ0) is 13.1. The molecule has 1 aromatic carbocycles. The van der Waals surface area contributed by atoms with Crippen LogP contribution >= 0.6 is 0 Å². The van der Waals surface area contributed by atoms with Gasteiger partial charge in [0, 0.05) is 12.1 Å². The number of carbonyl (C=O) groups excluding carboxylic acids is 1. The van der Waals surface area contributed by atoms with Crippen LogP contribution in [-0.2, 0) is 4.79 Å². The van der Waals surface area contributed by atoms with Crippen molar-refractivity contribution >= 4 is 5.91 Å². The molecule has 1 aromatic rings. The van der Waals surface area contributed by atoms with E-state index in [1.807, 2.05) is 19.1 Å². The van der Waals surface area contributed by atoms with Gasteiger partial charge in [0.25, 0.3) is 0 Å². The Morgan fingerprint density at radius 1 is 1.28 bits per heavy atom. The Kier molecular flexibility index (Phi) is 4.02. The Morgan fingerprint density at radius 3 is 2.56 bits per heavy atom. The fourth-order valence-electron chi connectivity index (χ4n) is 2.17. The van der Waals surface area contributed by atoms with E-state index in [2.05, 4.69) is 36.6 Å². The molecule has 0 aliphatic heterocycles. The van der Waals surface area contributed by atoms with Crippen LogP contribution in [0.1, 0.15) is 43.9 Å². The lowest BCUT2D eigenvalue weighted by molar-refractivity contribution is -0.123. The van der Waals surface area contributed by atoms with Crippen LogP contribution in [0.25, 0.3) is 0 Å². The van der Waals surface area contributed by atoms with Crippen LogP contribution in [0.4, 0.5) is 0 Å². The first-order chi connectivity index (χ1) is 8.58. The minimum absolute atomic E-state index is 0.109. The molecule has 0 saturated heterocycles. The van der Waals surface area contributed by atoms with Gasteiger partial charge in [0.2, 0.25) is 5.91 Å². The summed E-state index contributed by atoms with van der Waals surface area (Å²) in [5.74, 6) is 0.109. The second kappa shape index (κ2) is 5.53. The summed E-state index contributed by atoms with van der Waals surface area (Å²) >= 11 is 0. The lowest BCUT2D eigenvalue weighted by Gasteiger charge is -2.21. The van der Waals surface area contributed by atoms with Crippen LogP contribution < -0.4 is 10.6 Å². The largest absolute Gasteiger partial charge is 0.352 e. The monoisotopic (exact) mass is 246 g/mol. The summed E-state index contributed by atoms with van der Waals surface area (Å²) in [6, 6.07) is 8.74. The summed E-state index contributed by atoms with van der Waals surface area (Å²) in [6.45, 7) is 6.12. The molecule has 2 rings (SSSR count). The van der Waals surface area contributed by atoms with Crippen molar-refractivity contribution in [2.45, 2.75) is 51.7 Å². The molecule has 18 heavy (non-hydrogen) atoms. The summed E-state index contributed by atoms with van der Waals surface area (Å²) in [5, 5.41) is 6.38. The Balaban J connectivity index is 1.91. The second-order valence-corrected chi connectivity index (χ2v) is 5.25. The SMILES string of the molecule is Cc1ccccc1[C@H](C)NC(C)C(=O)NC1CC1. The maximum atomic E-state index is 11.9. The van der Waals surface area contributed by atoms with E-state index in [-0.39, 0.29) is 18.0 Å². The van der Waals surface area contributed by atoms with Gasteiger partial charge in [0.15, 0.2) is 0 Å². The highest BCUT2D eigenvalue weighted by Gasteiger charge is 2.26. The highest BCUT2D eigenvalue weighted by atomic mass is 16.2. The molecule has 3 heteroatoms. The average Bonchev–Trinajstić information content (AvgIpc) is 3.13. The van der Waals surface area contributed by atoms with Gasteiger partial charge < -0.3 is 5.32 Å². The fraction of sp³-hybridized carbons (Fsp3) is 0.533. The van der Waals surface area contributed by atoms with Crippen LogP contribution in [0.2, 0.25) is 0 Å². The molecule has 1 aliphatic rings. The molecule has 1 amide bonds. The van der Waals surface area contributed by atoms with E-state index < -0.39 is 0 Å². The van der Waals surface area contributed by atoms with Crippen molar-refractivity contribution in [2.24, 2.45) is 0 Å². The molecule has 1 fully saturated rings. The Bertz CT molecular complexity index is 426. The third-order valence-electron chi connectivity index (χ3n) is 3.47. The van der Waals surface area contributed by atoms with Crippen molar-refractivity contribution in [3.05, 3.63) is 35.4 Å². The first kappa shape index (κ1) is 13.1. The van der Waals surface area contributed by atoms with Gasteiger partial charge in [-0.15, -0.1) is 0 Å². The van der Waals surface area contributed by atoms with Crippen molar-refractivity contribution in [2.75, 3.05) is 0 Å². The maximum Gasteiger partial charge on any atom is 0.237 e. The topological polar surface area (TPSA) is 41.1 Å². The molecule has 1 unspecified atom stereocenters. The number of rotatable bonds is 5. The van der Waals surface area contributed by atoms with E-state index in [0.29, 0.717) is 6.04 Å². The number of benzene rings is 1. The van der Waals surface area contributed by atoms with Gasteiger partial charge in [-0.25, -0.2) is 0 Å². The van der Waals surface area contributed by atoms with Gasteiger partial charge in [-0.3, -0.25) is 10.1 Å². The van der Waals surface area contributed by atoms with Crippen molar-refractivity contribution in [3.8, 4) is 0 Å². The van der Waals surface area contributed by atoms with E-state index in [0.717, 1.165) is 12.8 Å². The van der Waals surface area contributed by atoms with E-state index >= 15 is 0 Å². The Hall–Kier alpha value is -1.35. The predicted molar refractivity (Wildman–Crippen MR) is 73.4 cm³/mol. The maximum absolute atomic E-state index is 11.9. The van der Waals surface area contributed by atoms with Gasteiger partial charge in [0.05, 0.1) is 6.04 Å². The summed E-state index contributed by atoms with van der Waals surface area (Å²) in [5.41, 5.74) is 2.51. The number of amides is 1. The highest BCUT2D eigenvalue weighted by molar-refractivity contribution is 5.81. The summed E-state index contributed by atoms with van der Waals surface area (Å²) < 4.78 is 0. The normalized spacial score (nSPS) is 18.2. The molecule has 0 bridgehead atoms. The molecule has 0 heterocycles. The number of hydrogen-bond donors (Lipinski definition) is 2. The van der Waals surface area contributed by atoms with Gasteiger partial charge in [-0.05, 0) is 44.7 Å². The van der Waals surface area contributed by atoms with Crippen molar-refractivity contribution in [1.29, 1.82) is 0 Å². The fourth-order valence-corrected chi connectivity index (χ4v) is 2.17. The summed E-state index contributed by atoms with van der Waals surface area (Å²) in [6.07, 6.45) is 2.26. The minimum atomic E-state index is -0.153. The molecule has 2 N–H and O–H groups in total. The van der Waals surface area contributed by atoms with Crippen LogP contribution in [0, 0.1) is 6.92 Å². The molecular formula is C15H22N2O. The molecule has 0 aromatic heterocycles. The van der Waals surface area contributed by atoms with Crippen molar-refractivity contribution < 1.29 is 4.79 Å². The first-order valence-corrected chi connectivity index (χ1v) is 6.70. The van der Waals surface area contributed by atoms with Gasteiger partial charge in [-0.2, -0.15) is 0 Å². The van der Waals surface area contributed by atoms with Crippen molar-refractivity contribution in [1.82, 2.24) is 10.6 Å². The van der Waals surface area contributed by atoms with Crippen molar-refractivity contribution in [3.63, 3.8) is 0 Å². The predicted octanol–water partition coefficient (Wildman–Crippen LogP) is 2.31. The van der Waals surface area contributed by atoms with Crippen LogP contribution in [0.5, 0.6) is 0 Å². The highest BCUT2D eigenvalue weighted by Crippen LogP contribution is 2.20. The molecule has 1 aliphatic carbocycles. The third kappa shape index (κ3) is 3.33. The lowest BCUT2D eigenvalue weighted by Crippen LogP contribution is -2.43. The lowest BCUT2D eigenvalue weighted by atomic mass is 10.0. The molecule has 0 spiro atoms. The van der Waals surface area contributed by atoms with Gasteiger partial charge >= 0.3 is 0 Å². The standard InChI is InChI=1S/C15H22N2O/c1-10-6-4-5-7-14(10)11(2)16-12(3)15(18)17-13-8-9-13/h4-7,11-13,16H,8-9H2,1-3H3,(H,17,18)/t11-,12?/m0/s1. The van der Waals surface area contributed by atoms with Gasteiger partial charge in [-0.1, -0.05) is 24.3 Å². The van der Waals surface area contributed by atoms with E-state index in [4.69, 9.17) is 0 Å². The quantitative estimate of drug-likeness (QED) is 0.837. The minimum Gasteiger partial charge on any atom is -0.352 e. The van der Waals surface area contributed by atoms with Crippen LogP contribution in [0.3, 0.4) is 0 Å². The van der Waals surface area contributed by atoms with Crippen LogP contribution in [0.15, 0.2) is 24.3 Å². The average molecular weight is 246 g/mol. The first-order valence-electron chi connectivity index (χ1n) is 6.70. The Morgan fingerprint density at radius 2 is 1.94 bits per heavy atom. The van der Waals surface area contributed by atoms with E-state index in [9.17, 15) is 4.79 Å². The zero-order valence-electron chi connectivity index (χ0n) is 11.4. The molecule has 3 nitrogen and oxygen atoms in total. The van der Waals surface area contributed by atoms with E-state index in [1.165, 1.54) is 11.1 Å². The Labute approximate surface area is 109 Å². The smallest absolute Gasteiger partial charge is 0.237 e.